The molecule has 0 bridgehead atoms. The molecule has 0 fully saturated rings. The number of nitrogens with zero attached hydrogens (tertiary/aromatic N) is 1. The molecule has 2 unspecified atom stereocenters. The summed E-state index contributed by atoms with van der Waals surface area (Å²) >= 11 is 0. The second-order valence-electron chi connectivity index (χ2n) is 5.13. The Morgan fingerprint density at radius 1 is 1.24 bits per heavy atom. The topological polar surface area (TPSA) is 68.3 Å². The van der Waals surface area contributed by atoms with Crippen LogP contribution in [-0.2, 0) is 6.42 Å². The third-order valence-electron chi connectivity index (χ3n) is 3.30. The molecule has 21 heavy (non-hydrogen) atoms. The molecule has 0 saturated carbocycles. The van der Waals surface area contributed by atoms with Crippen LogP contribution in [0.5, 0.6) is 11.5 Å². The quantitative estimate of drug-likeness (QED) is 0.756. The molecule has 0 saturated heterocycles. The van der Waals surface area contributed by atoms with Gasteiger partial charge in [0.2, 0.25) is 0 Å². The van der Waals surface area contributed by atoms with Gasteiger partial charge >= 0.3 is 0 Å². The summed E-state index contributed by atoms with van der Waals surface area (Å²) in [6.45, 7) is 6.73. The summed E-state index contributed by atoms with van der Waals surface area (Å²) in [7, 11) is 0. The minimum Gasteiger partial charge on any atom is -0.493 e. The van der Waals surface area contributed by atoms with Crippen LogP contribution in [0, 0.1) is 11.3 Å². The van der Waals surface area contributed by atoms with Crippen molar-refractivity contribution in [3.8, 4) is 17.6 Å². The Bertz CT molecular complexity index is 468. The number of nitrogens with two attached hydrogens (primary N) is 1. The van der Waals surface area contributed by atoms with Gasteiger partial charge in [-0.3, -0.25) is 0 Å². The van der Waals surface area contributed by atoms with Crippen molar-refractivity contribution in [3.63, 3.8) is 0 Å². The van der Waals surface area contributed by atoms with E-state index in [9.17, 15) is 0 Å². The molecule has 0 heterocycles. The van der Waals surface area contributed by atoms with Gasteiger partial charge in [0.1, 0.15) is 17.6 Å². The molecule has 0 amide bonds. The number of benzene rings is 1. The van der Waals surface area contributed by atoms with Crippen LogP contribution in [0.2, 0.25) is 0 Å². The fourth-order valence-corrected chi connectivity index (χ4v) is 1.90. The van der Waals surface area contributed by atoms with E-state index >= 15 is 0 Å². The first-order valence-corrected chi connectivity index (χ1v) is 7.72. The first-order valence-electron chi connectivity index (χ1n) is 7.72. The Kier molecular flexibility index (Phi) is 7.63. The Morgan fingerprint density at radius 3 is 2.57 bits per heavy atom. The van der Waals surface area contributed by atoms with E-state index in [0.29, 0.717) is 18.8 Å². The first kappa shape index (κ1) is 17.3. The molecule has 1 aromatic carbocycles. The molecule has 116 valence electrons. The maximum Gasteiger partial charge on any atom is 0.184 e. The summed E-state index contributed by atoms with van der Waals surface area (Å²) in [4.78, 5) is 0. The van der Waals surface area contributed by atoms with Gasteiger partial charge in [-0.15, -0.1) is 0 Å². The molecule has 2 atom stereocenters. The highest BCUT2D eigenvalue weighted by Crippen LogP contribution is 2.27. The Labute approximate surface area is 127 Å². The van der Waals surface area contributed by atoms with Gasteiger partial charge in [0.05, 0.1) is 6.61 Å². The summed E-state index contributed by atoms with van der Waals surface area (Å²) in [6.07, 6.45) is 2.80. The molecular weight excluding hydrogens is 264 g/mol. The zero-order valence-electron chi connectivity index (χ0n) is 13.3. The second-order valence-corrected chi connectivity index (χ2v) is 5.13. The molecule has 4 heteroatoms. The largest absolute Gasteiger partial charge is 0.493 e. The van der Waals surface area contributed by atoms with E-state index in [-0.39, 0.29) is 6.04 Å². The fourth-order valence-electron chi connectivity index (χ4n) is 1.90. The van der Waals surface area contributed by atoms with Crippen LogP contribution >= 0.6 is 0 Å². The maximum absolute atomic E-state index is 9.09. The Balaban J connectivity index is 2.97. The van der Waals surface area contributed by atoms with Gasteiger partial charge in [-0.1, -0.05) is 26.8 Å². The van der Waals surface area contributed by atoms with Crippen LogP contribution in [0.3, 0.4) is 0 Å². The van der Waals surface area contributed by atoms with Crippen molar-refractivity contribution in [2.75, 3.05) is 6.61 Å². The molecule has 4 nitrogen and oxygen atoms in total. The number of hydrogen-bond donors (Lipinski definition) is 1. The van der Waals surface area contributed by atoms with Gasteiger partial charge in [0.25, 0.3) is 0 Å². The molecule has 0 radical (unpaired) electrons. The Hall–Kier alpha value is -1.73. The molecule has 0 spiro atoms. The third-order valence-corrected chi connectivity index (χ3v) is 3.30. The fraction of sp³-hybridized carbons (Fsp3) is 0.588. The van der Waals surface area contributed by atoms with Crippen molar-refractivity contribution < 1.29 is 9.47 Å². The predicted octanol–water partition coefficient (Wildman–Crippen LogP) is 3.44. The van der Waals surface area contributed by atoms with Crippen molar-refractivity contribution in [3.05, 3.63) is 23.8 Å². The molecule has 1 aromatic rings. The van der Waals surface area contributed by atoms with Crippen molar-refractivity contribution >= 4 is 0 Å². The summed E-state index contributed by atoms with van der Waals surface area (Å²) in [5.41, 5.74) is 7.07. The highest BCUT2D eigenvalue weighted by atomic mass is 16.5. The molecule has 0 aliphatic rings. The van der Waals surface area contributed by atoms with Gasteiger partial charge in [-0.2, -0.15) is 5.26 Å². The zero-order chi connectivity index (χ0) is 15.7. The van der Waals surface area contributed by atoms with Crippen LogP contribution in [0.1, 0.15) is 45.6 Å². The minimum atomic E-state index is -0.442. The lowest BCUT2D eigenvalue weighted by atomic mass is 10.0. The van der Waals surface area contributed by atoms with Gasteiger partial charge < -0.3 is 15.2 Å². The van der Waals surface area contributed by atoms with E-state index in [2.05, 4.69) is 19.9 Å². The second kappa shape index (κ2) is 9.25. The van der Waals surface area contributed by atoms with Gasteiger partial charge in [-0.05, 0) is 37.3 Å². The summed E-state index contributed by atoms with van der Waals surface area (Å²) in [6, 6.07) is 8.05. The van der Waals surface area contributed by atoms with Gasteiger partial charge in [-0.25, -0.2) is 0 Å². The van der Waals surface area contributed by atoms with Crippen LogP contribution in [0.25, 0.3) is 0 Å². The lowest BCUT2D eigenvalue weighted by molar-refractivity contribution is 0.246. The summed E-state index contributed by atoms with van der Waals surface area (Å²) < 4.78 is 11.5. The average molecular weight is 290 g/mol. The summed E-state index contributed by atoms with van der Waals surface area (Å²) in [5.74, 6) is 1.48. The van der Waals surface area contributed by atoms with E-state index in [1.165, 1.54) is 0 Å². The van der Waals surface area contributed by atoms with E-state index < -0.39 is 6.10 Å². The maximum atomic E-state index is 9.09. The number of hydrogen-bond acceptors (Lipinski definition) is 4. The Morgan fingerprint density at radius 2 is 2.00 bits per heavy atom. The molecule has 0 aromatic heterocycles. The van der Waals surface area contributed by atoms with Gasteiger partial charge in [0, 0.05) is 12.1 Å². The lowest BCUT2D eigenvalue weighted by Gasteiger charge is -2.18. The van der Waals surface area contributed by atoms with E-state index in [1.807, 2.05) is 25.1 Å². The predicted molar refractivity (Wildman–Crippen MR) is 84.5 cm³/mol. The van der Waals surface area contributed by atoms with E-state index in [1.54, 1.807) is 0 Å². The molecule has 0 aliphatic carbocycles. The van der Waals surface area contributed by atoms with E-state index in [0.717, 1.165) is 30.6 Å². The highest BCUT2D eigenvalue weighted by Gasteiger charge is 2.13. The standard InChI is InChI=1S/C17H26N2O2/c1-4-9-20-16-8-7-13(10-14(19)5-2)17(11-16)21-15(6-3)12-18/h7-8,11,14-15H,4-6,9-10,19H2,1-3H3. The molecule has 0 aliphatic heterocycles. The molecule has 2 N–H and O–H groups in total. The molecule has 1 rings (SSSR count). The smallest absolute Gasteiger partial charge is 0.184 e. The van der Waals surface area contributed by atoms with Crippen LogP contribution in [0.4, 0.5) is 0 Å². The lowest BCUT2D eigenvalue weighted by Crippen LogP contribution is -2.22. The van der Waals surface area contributed by atoms with E-state index in [4.69, 9.17) is 20.5 Å². The van der Waals surface area contributed by atoms with Gasteiger partial charge in [0.15, 0.2) is 6.10 Å². The van der Waals surface area contributed by atoms with Crippen LogP contribution in [-0.4, -0.2) is 18.8 Å². The van der Waals surface area contributed by atoms with Crippen molar-refractivity contribution in [2.24, 2.45) is 5.73 Å². The van der Waals surface area contributed by atoms with Crippen molar-refractivity contribution in [1.82, 2.24) is 0 Å². The first-order chi connectivity index (χ1) is 10.1. The monoisotopic (exact) mass is 290 g/mol. The number of rotatable bonds is 9. The SMILES string of the molecule is CCCOc1ccc(CC(N)CC)c(OC(C#N)CC)c1. The highest BCUT2D eigenvalue weighted by molar-refractivity contribution is 5.41. The zero-order valence-corrected chi connectivity index (χ0v) is 13.3. The van der Waals surface area contributed by atoms with Crippen LogP contribution in [0.15, 0.2) is 18.2 Å². The van der Waals surface area contributed by atoms with Crippen molar-refractivity contribution in [1.29, 1.82) is 5.26 Å². The van der Waals surface area contributed by atoms with Crippen LogP contribution < -0.4 is 15.2 Å². The van der Waals surface area contributed by atoms with Crippen molar-refractivity contribution in [2.45, 2.75) is 58.6 Å². The minimum absolute atomic E-state index is 0.0944. The number of ether oxygens (including phenoxy) is 2. The number of nitriles is 1. The summed E-state index contributed by atoms with van der Waals surface area (Å²) in [5, 5.41) is 9.09. The normalized spacial score (nSPS) is 13.3. The molecular formula is C17H26N2O2. The average Bonchev–Trinajstić information content (AvgIpc) is 2.52. The third kappa shape index (κ3) is 5.65.